The zero-order valence-corrected chi connectivity index (χ0v) is 14.4. The second-order valence-electron chi connectivity index (χ2n) is 6.68. The second-order valence-corrected chi connectivity index (χ2v) is 6.68. The molecule has 2 aromatic carbocycles. The number of nitrogens with zero attached hydrogens (tertiary/aromatic N) is 2. The molecule has 1 aliphatic rings. The van der Waals surface area contributed by atoms with Gasteiger partial charge in [0, 0.05) is 11.9 Å². The molecule has 3 aromatic rings. The Morgan fingerprint density at radius 3 is 2.80 bits per heavy atom. The number of nitrogens with one attached hydrogen (secondary N) is 1. The van der Waals surface area contributed by atoms with Crippen molar-refractivity contribution < 1.29 is 9.53 Å². The van der Waals surface area contributed by atoms with E-state index in [0.717, 1.165) is 22.0 Å². The van der Waals surface area contributed by atoms with Gasteiger partial charge in [-0.3, -0.25) is 9.89 Å². The first-order valence-electron chi connectivity index (χ1n) is 8.56. The Morgan fingerprint density at radius 2 is 2.00 bits per heavy atom. The number of rotatable bonds is 2. The smallest absolute Gasteiger partial charge is 0.275 e. The maximum atomic E-state index is 13.1. The molecule has 5 nitrogen and oxygen atoms in total. The first-order valence-corrected chi connectivity index (χ1v) is 8.56. The van der Waals surface area contributed by atoms with Crippen molar-refractivity contribution in [3.63, 3.8) is 0 Å². The summed E-state index contributed by atoms with van der Waals surface area (Å²) in [5.74, 6) is -0.0482. The summed E-state index contributed by atoms with van der Waals surface area (Å²) >= 11 is 0. The number of morpholine rings is 1. The number of aryl methyl sites for hydroxylation is 1. The number of hydrogen-bond donors (Lipinski definition) is 1. The van der Waals surface area contributed by atoms with Crippen molar-refractivity contribution in [3.05, 3.63) is 65.4 Å². The highest BCUT2D eigenvalue weighted by atomic mass is 16.5. The molecule has 2 heterocycles. The van der Waals surface area contributed by atoms with E-state index in [1.165, 1.54) is 0 Å². The molecule has 1 aliphatic heterocycles. The number of aromatic nitrogens is 2. The Balaban J connectivity index is 1.63. The first-order chi connectivity index (χ1) is 12.1. The van der Waals surface area contributed by atoms with Gasteiger partial charge in [-0.25, -0.2) is 0 Å². The largest absolute Gasteiger partial charge is 0.367 e. The molecule has 0 bridgehead atoms. The van der Waals surface area contributed by atoms with Crippen LogP contribution < -0.4 is 0 Å². The number of ether oxygens (including phenoxy) is 1. The molecule has 1 saturated heterocycles. The van der Waals surface area contributed by atoms with Gasteiger partial charge in [-0.2, -0.15) is 5.10 Å². The Labute approximate surface area is 146 Å². The van der Waals surface area contributed by atoms with Crippen LogP contribution in [-0.2, 0) is 4.74 Å². The molecule has 5 heteroatoms. The van der Waals surface area contributed by atoms with Crippen molar-refractivity contribution in [3.8, 4) is 0 Å². The predicted molar refractivity (Wildman–Crippen MR) is 96.5 cm³/mol. The molecule has 0 saturated carbocycles. The van der Waals surface area contributed by atoms with E-state index >= 15 is 0 Å². The van der Waals surface area contributed by atoms with E-state index in [9.17, 15) is 4.79 Å². The molecule has 1 fully saturated rings. The van der Waals surface area contributed by atoms with Gasteiger partial charge in [-0.05, 0) is 31.5 Å². The highest BCUT2D eigenvalue weighted by Crippen LogP contribution is 2.27. The molecular weight excluding hydrogens is 314 g/mol. The van der Waals surface area contributed by atoms with E-state index in [1.807, 2.05) is 67.3 Å². The number of benzene rings is 2. The van der Waals surface area contributed by atoms with Gasteiger partial charge in [-0.15, -0.1) is 0 Å². The zero-order valence-electron chi connectivity index (χ0n) is 14.4. The van der Waals surface area contributed by atoms with Gasteiger partial charge in [0.15, 0.2) is 5.69 Å². The summed E-state index contributed by atoms with van der Waals surface area (Å²) in [6.07, 6.45) is -0.129. The van der Waals surface area contributed by atoms with Crippen molar-refractivity contribution in [2.45, 2.75) is 26.1 Å². The SMILES string of the molecule is Cc1ccc2[nH]nc(C(=O)N3CC(C)OC(c4ccccc4)C3)c2c1. The van der Waals surface area contributed by atoms with Crippen LogP contribution in [0.15, 0.2) is 48.5 Å². The lowest BCUT2D eigenvalue weighted by molar-refractivity contribution is -0.0692. The van der Waals surface area contributed by atoms with Crippen LogP contribution in [0.3, 0.4) is 0 Å². The molecule has 1 aromatic heterocycles. The molecule has 2 unspecified atom stereocenters. The third-order valence-corrected chi connectivity index (χ3v) is 4.64. The standard InChI is InChI=1S/C20H21N3O2/c1-13-8-9-17-16(10-13)19(22-21-17)20(24)23-11-14(2)25-18(12-23)15-6-4-3-5-7-15/h3-10,14,18H,11-12H2,1-2H3,(H,21,22). The second kappa shape index (κ2) is 6.33. The lowest BCUT2D eigenvalue weighted by atomic mass is 10.1. The Morgan fingerprint density at radius 1 is 1.20 bits per heavy atom. The molecule has 0 radical (unpaired) electrons. The van der Waals surface area contributed by atoms with Crippen molar-refractivity contribution in [1.29, 1.82) is 0 Å². The summed E-state index contributed by atoms with van der Waals surface area (Å²) < 4.78 is 6.05. The number of H-pyrrole nitrogens is 1. The van der Waals surface area contributed by atoms with Gasteiger partial charge in [0.05, 0.1) is 18.2 Å². The normalized spacial score (nSPS) is 20.8. The van der Waals surface area contributed by atoms with E-state index in [-0.39, 0.29) is 18.1 Å². The average molecular weight is 335 g/mol. The molecule has 128 valence electrons. The number of hydrogen-bond acceptors (Lipinski definition) is 3. The predicted octanol–water partition coefficient (Wildman–Crippen LogP) is 3.47. The monoisotopic (exact) mass is 335 g/mol. The van der Waals surface area contributed by atoms with Crippen molar-refractivity contribution in [2.75, 3.05) is 13.1 Å². The Bertz CT molecular complexity index is 904. The molecule has 1 N–H and O–H groups in total. The highest BCUT2D eigenvalue weighted by Gasteiger charge is 2.31. The Kier molecular flexibility index (Phi) is 4.01. The van der Waals surface area contributed by atoms with Crippen LogP contribution in [-0.4, -0.2) is 40.2 Å². The van der Waals surface area contributed by atoms with Crippen LogP contribution in [0.1, 0.15) is 34.6 Å². The van der Waals surface area contributed by atoms with E-state index in [4.69, 9.17) is 4.74 Å². The molecule has 4 rings (SSSR count). The van der Waals surface area contributed by atoms with Crippen LogP contribution in [0, 0.1) is 6.92 Å². The minimum absolute atomic E-state index is 0.0187. The molecule has 0 spiro atoms. The minimum atomic E-state index is -0.110. The van der Waals surface area contributed by atoms with Crippen molar-refractivity contribution in [2.24, 2.45) is 0 Å². The van der Waals surface area contributed by atoms with E-state index in [2.05, 4.69) is 10.2 Å². The summed E-state index contributed by atoms with van der Waals surface area (Å²) in [5, 5.41) is 8.11. The number of amides is 1. The summed E-state index contributed by atoms with van der Waals surface area (Å²) in [7, 11) is 0. The van der Waals surface area contributed by atoms with Gasteiger partial charge >= 0.3 is 0 Å². The van der Waals surface area contributed by atoms with Crippen LogP contribution in [0.2, 0.25) is 0 Å². The van der Waals surface area contributed by atoms with Crippen LogP contribution in [0.5, 0.6) is 0 Å². The lowest BCUT2D eigenvalue weighted by Gasteiger charge is -2.36. The third-order valence-electron chi connectivity index (χ3n) is 4.64. The van der Waals surface area contributed by atoms with E-state index in [1.54, 1.807) is 0 Å². The summed E-state index contributed by atoms with van der Waals surface area (Å²) in [6.45, 7) is 5.13. The van der Waals surface area contributed by atoms with Crippen LogP contribution in [0.25, 0.3) is 10.9 Å². The quantitative estimate of drug-likeness (QED) is 0.780. The van der Waals surface area contributed by atoms with Crippen LogP contribution >= 0.6 is 0 Å². The number of fused-ring (bicyclic) bond motifs is 1. The molecule has 0 aliphatic carbocycles. The van der Waals surface area contributed by atoms with Gasteiger partial charge in [-0.1, -0.05) is 42.0 Å². The van der Waals surface area contributed by atoms with E-state index < -0.39 is 0 Å². The Hall–Kier alpha value is -2.66. The fourth-order valence-electron chi connectivity index (χ4n) is 3.41. The molecule has 25 heavy (non-hydrogen) atoms. The summed E-state index contributed by atoms with van der Waals surface area (Å²) in [4.78, 5) is 14.9. The minimum Gasteiger partial charge on any atom is -0.367 e. The number of carbonyl (C=O) groups is 1. The first kappa shape index (κ1) is 15.8. The van der Waals surface area contributed by atoms with Crippen LogP contribution in [0.4, 0.5) is 0 Å². The summed E-state index contributed by atoms with van der Waals surface area (Å²) in [6, 6.07) is 16.0. The van der Waals surface area contributed by atoms with Gasteiger partial charge in [0.1, 0.15) is 6.10 Å². The fourth-order valence-corrected chi connectivity index (χ4v) is 3.41. The number of aromatic amines is 1. The lowest BCUT2D eigenvalue weighted by Crippen LogP contribution is -2.46. The van der Waals surface area contributed by atoms with Gasteiger partial charge < -0.3 is 9.64 Å². The van der Waals surface area contributed by atoms with Gasteiger partial charge in [0.2, 0.25) is 0 Å². The third kappa shape index (κ3) is 3.03. The fraction of sp³-hybridized carbons (Fsp3) is 0.300. The van der Waals surface area contributed by atoms with Crippen molar-refractivity contribution in [1.82, 2.24) is 15.1 Å². The van der Waals surface area contributed by atoms with E-state index in [0.29, 0.717) is 18.8 Å². The molecule has 1 amide bonds. The maximum Gasteiger partial charge on any atom is 0.275 e. The molecular formula is C20H21N3O2. The van der Waals surface area contributed by atoms with Crippen molar-refractivity contribution >= 4 is 16.8 Å². The average Bonchev–Trinajstić information content (AvgIpc) is 3.04. The highest BCUT2D eigenvalue weighted by molar-refractivity contribution is 6.04. The summed E-state index contributed by atoms with van der Waals surface area (Å²) in [5.41, 5.74) is 3.57. The zero-order chi connectivity index (χ0) is 17.4. The molecule has 2 atom stereocenters. The van der Waals surface area contributed by atoms with Gasteiger partial charge in [0.25, 0.3) is 5.91 Å². The topological polar surface area (TPSA) is 58.2 Å². The number of carbonyl (C=O) groups excluding carboxylic acids is 1. The maximum absolute atomic E-state index is 13.1.